The van der Waals surface area contributed by atoms with Crippen molar-refractivity contribution in [1.29, 1.82) is 0 Å². The molecular weight excluding hydrogens is 443 g/mol. The maximum Gasteiger partial charge on any atom is 0.263 e. The molecule has 4 aromatic rings. The number of thiophene rings is 1. The number of hydrogen-bond acceptors (Lipinski definition) is 5. The van der Waals surface area contributed by atoms with Crippen LogP contribution in [0.1, 0.15) is 5.56 Å². The van der Waals surface area contributed by atoms with E-state index in [0.29, 0.717) is 25.8 Å². The number of benzene rings is 2. The summed E-state index contributed by atoms with van der Waals surface area (Å²) in [4.78, 5) is 30.2. The Hall–Kier alpha value is -3.00. The summed E-state index contributed by atoms with van der Waals surface area (Å²) in [5, 5.41) is 7.12. The lowest BCUT2D eigenvalue weighted by Crippen LogP contribution is -2.30. The lowest BCUT2D eigenvalue weighted by Gasteiger charge is -2.05. The summed E-state index contributed by atoms with van der Waals surface area (Å²) in [6.45, 7) is -0.204. The van der Waals surface area contributed by atoms with Crippen LogP contribution in [0.4, 0.5) is 0 Å². The maximum atomic E-state index is 13.0. The molecule has 0 bridgehead atoms. The Bertz CT molecular complexity index is 1320. The highest BCUT2D eigenvalue weighted by molar-refractivity contribution is 7.17. The van der Waals surface area contributed by atoms with Gasteiger partial charge in [-0.3, -0.25) is 14.2 Å². The molecule has 1 amide bonds. The quantitative estimate of drug-likeness (QED) is 0.352. The fourth-order valence-electron chi connectivity index (χ4n) is 2.87. The van der Waals surface area contributed by atoms with Gasteiger partial charge in [0.05, 0.1) is 28.0 Å². The molecule has 2 aromatic heterocycles. The van der Waals surface area contributed by atoms with Gasteiger partial charge in [-0.2, -0.15) is 5.10 Å². The van der Waals surface area contributed by atoms with Crippen molar-refractivity contribution in [1.82, 2.24) is 15.0 Å². The van der Waals surface area contributed by atoms with Crippen molar-refractivity contribution in [2.75, 3.05) is 0 Å². The monoisotopic (exact) mass is 456 g/mol. The standard InChI is InChI=1S/C21H14Cl2N4O2S/c22-16-7-6-13(8-17(16)23)9-25-26-18(28)10-27-12-24-20-19(21(27)29)15(11-30-20)14-4-2-1-3-5-14/h1-9,11-12H,10H2,(H,26,28)/b25-9+. The zero-order valence-electron chi connectivity index (χ0n) is 15.4. The number of rotatable bonds is 5. The van der Waals surface area contributed by atoms with Crippen molar-refractivity contribution in [2.24, 2.45) is 5.10 Å². The van der Waals surface area contributed by atoms with Gasteiger partial charge in [0.1, 0.15) is 11.4 Å². The van der Waals surface area contributed by atoms with Crippen LogP contribution in [-0.2, 0) is 11.3 Å². The Kier molecular flexibility index (Phi) is 5.94. The summed E-state index contributed by atoms with van der Waals surface area (Å²) in [6, 6.07) is 14.6. The van der Waals surface area contributed by atoms with Gasteiger partial charge < -0.3 is 0 Å². The second-order valence-electron chi connectivity index (χ2n) is 6.34. The fraction of sp³-hybridized carbons (Fsp3) is 0.0476. The van der Waals surface area contributed by atoms with Crippen LogP contribution in [0.3, 0.4) is 0 Å². The number of nitrogens with one attached hydrogen (secondary N) is 1. The van der Waals surface area contributed by atoms with Gasteiger partial charge in [-0.05, 0) is 23.3 Å². The molecule has 0 aliphatic heterocycles. The number of halogens is 2. The maximum absolute atomic E-state index is 13.0. The predicted octanol–water partition coefficient (Wildman–Crippen LogP) is 4.58. The summed E-state index contributed by atoms with van der Waals surface area (Å²) >= 11 is 13.2. The fourth-order valence-corrected chi connectivity index (χ4v) is 4.08. The Morgan fingerprint density at radius 1 is 1.17 bits per heavy atom. The van der Waals surface area contributed by atoms with E-state index in [4.69, 9.17) is 23.2 Å². The van der Waals surface area contributed by atoms with Crippen LogP contribution in [0.25, 0.3) is 21.3 Å². The molecule has 1 N–H and O–H groups in total. The van der Waals surface area contributed by atoms with Gasteiger partial charge in [0.2, 0.25) is 0 Å². The average molecular weight is 457 g/mol. The van der Waals surface area contributed by atoms with E-state index in [9.17, 15) is 9.59 Å². The molecule has 0 aliphatic carbocycles. The summed E-state index contributed by atoms with van der Waals surface area (Å²) < 4.78 is 1.27. The van der Waals surface area contributed by atoms with E-state index in [2.05, 4.69) is 15.5 Å². The van der Waals surface area contributed by atoms with E-state index in [0.717, 1.165) is 11.1 Å². The van der Waals surface area contributed by atoms with E-state index in [1.54, 1.807) is 18.2 Å². The molecule has 0 spiro atoms. The van der Waals surface area contributed by atoms with Crippen molar-refractivity contribution < 1.29 is 4.79 Å². The van der Waals surface area contributed by atoms with Crippen molar-refractivity contribution in [2.45, 2.75) is 6.54 Å². The molecule has 0 unspecified atom stereocenters. The molecule has 30 heavy (non-hydrogen) atoms. The van der Waals surface area contributed by atoms with E-state index in [1.165, 1.54) is 28.4 Å². The lowest BCUT2D eigenvalue weighted by atomic mass is 10.1. The van der Waals surface area contributed by atoms with Gasteiger partial charge in [-0.1, -0.05) is 59.6 Å². The number of nitrogens with zero attached hydrogens (tertiary/aromatic N) is 3. The largest absolute Gasteiger partial charge is 0.289 e. The first kappa shape index (κ1) is 20.3. The second kappa shape index (κ2) is 8.79. The van der Waals surface area contributed by atoms with Gasteiger partial charge >= 0.3 is 0 Å². The van der Waals surface area contributed by atoms with Crippen molar-refractivity contribution >= 4 is 56.9 Å². The van der Waals surface area contributed by atoms with Gasteiger partial charge in [0, 0.05) is 10.9 Å². The normalized spacial score (nSPS) is 11.3. The lowest BCUT2D eigenvalue weighted by molar-refractivity contribution is -0.121. The molecule has 2 aromatic carbocycles. The highest BCUT2D eigenvalue weighted by Gasteiger charge is 2.14. The van der Waals surface area contributed by atoms with Crippen LogP contribution in [0.5, 0.6) is 0 Å². The number of amides is 1. The number of carbonyl (C=O) groups is 1. The molecule has 6 nitrogen and oxygen atoms in total. The molecule has 0 fully saturated rings. The third kappa shape index (κ3) is 4.28. The van der Waals surface area contributed by atoms with E-state index >= 15 is 0 Å². The third-order valence-corrected chi connectivity index (χ3v) is 5.93. The van der Waals surface area contributed by atoms with Crippen molar-refractivity contribution in [3.63, 3.8) is 0 Å². The minimum absolute atomic E-state index is 0.204. The summed E-state index contributed by atoms with van der Waals surface area (Å²) in [5.41, 5.74) is 4.53. The van der Waals surface area contributed by atoms with E-state index < -0.39 is 5.91 Å². The second-order valence-corrected chi connectivity index (χ2v) is 8.01. The molecule has 2 heterocycles. The number of aromatic nitrogens is 2. The van der Waals surface area contributed by atoms with Crippen molar-refractivity contribution in [3.05, 3.63) is 86.2 Å². The Morgan fingerprint density at radius 2 is 1.97 bits per heavy atom. The number of hydrogen-bond donors (Lipinski definition) is 1. The Morgan fingerprint density at radius 3 is 2.73 bits per heavy atom. The molecule has 0 atom stereocenters. The van der Waals surface area contributed by atoms with Crippen LogP contribution in [0, 0.1) is 0 Å². The first-order chi connectivity index (χ1) is 14.5. The van der Waals surface area contributed by atoms with E-state index in [-0.39, 0.29) is 12.1 Å². The zero-order valence-corrected chi connectivity index (χ0v) is 17.7. The summed E-state index contributed by atoms with van der Waals surface area (Å²) in [6.07, 6.45) is 2.81. The first-order valence-electron chi connectivity index (χ1n) is 8.82. The van der Waals surface area contributed by atoms with Gasteiger partial charge in [0.15, 0.2) is 0 Å². The predicted molar refractivity (Wildman–Crippen MR) is 122 cm³/mol. The number of carbonyl (C=O) groups excluding carboxylic acids is 1. The van der Waals surface area contributed by atoms with Crippen LogP contribution in [0.2, 0.25) is 10.0 Å². The SMILES string of the molecule is O=C(Cn1cnc2scc(-c3ccccc3)c2c1=O)N/N=C/c1ccc(Cl)c(Cl)c1. The van der Waals surface area contributed by atoms with Crippen LogP contribution in [0.15, 0.2) is 70.1 Å². The molecule has 0 radical (unpaired) electrons. The molecule has 4 rings (SSSR count). The summed E-state index contributed by atoms with van der Waals surface area (Å²) in [5.74, 6) is -0.453. The first-order valence-corrected chi connectivity index (χ1v) is 10.5. The topological polar surface area (TPSA) is 76.3 Å². The van der Waals surface area contributed by atoms with E-state index in [1.807, 2.05) is 35.7 Å². The molecule has 9 heteroatoms. The van der Waals surface area contributed by atoms with Crippen LogP contribution in [-0.4, -0.2) is 21.7 Å². The molecular formula is C21H14Cl2N4O2S. The van der Waals surface area contributed by atoms with Crippen LogP contribution >= 0.6 is 34.5 Å². The number of fused-ring (bicyclic) bond motifs is 1. The number of hydrazone groups is 1. The summed E-state index contributed by atoms with van der Waals surface area (Å²) in [7, 11) is 0. The molecule has 0 saturated carbocycles. The van der Waals surface area contributed by atoms with Crippen molar-refractivity contribution in [3.8, 4) is 11.1 Å². The Labute approximate surface area is 185 Å². The highest BCUT2D eigenvalue weighted by atomic mass is 35.5. The minimum atomic E-state index is -0.453. The molecule has 0 aliphatic rings. The average Bonchev–Trinajstić information content (AvgIpc) is 3.18. The van der Waals surface area contributed by atoms with Crippen LogP contribution < -0.4 is 11.0 Å². The van der Waals surface area contributed by atoms with Gasteiger partial charge in [-0.25, -0.2) is 10.4 Å². The molecule has 150 valence electrons. The zero-order chi connectivity index (χ0) is 21.1. The Balaban J connectivity index is 1.53. The van der Waals surface area contributed by atoms with Gasteiger partial charge in [-0.15, -0.1) is 11.3 Å². The minimum Gasteiger partial charge on any atom is -0.289 e. The molecule has 0 saturated heterocycles. The van der Waals surface area contributed by atoms with Gasteiger partial charge in [0.25, 0.3) is 11.5 Å². The smallest absolute Gasteiger partial charge is 0.263 e. The third-order valence-electron chi connectivity index (χ3n) is 4.31. The highest BCUT2D eigenvalue weighted by Crippen LogP contribution is 2.30.